The summed E-state index contributed by atoms with van der Waals surface area (Å²) in [5.41, 5.74) is 4.95. The second-order valence-electron chi connectivity index (χ2n) is 7.70. The molecule has 5 rings (SSSR count). The van der Waals surface area contributed by atoms with E-state index in [1.807, 2.05) is 12.3 Å². The number of rotatable bonds is 3. The highest BCUT2D eigenvalue weighted by Gasteiger charge is 2.25. The number of pyridine rings is 2. The molecule has 5 heterocycles. The van der Waals surface area contributed by atoms with E-state index < -0.39 is 0 Å². The molecular weight excluding hydrogens is 368 g/mol. The van der Waals surface area contributed by atoms with E-state index in [1.54, 1.807) is 6.20 Å². The third-order valence-electron chi connectivity index (χ3n) is 5.76. The minimum atomic E-state index is 0.277. The quantitative estimate of drug-likeness (QED) is 0.731. The Labute approximate surface area is 169 Å². The molecule has 2 fully saturated rings. The fourth-order valence-electron chi connectivity index (χ4n) is 4.22. The number of ether oxygens (including phenoxy) is 2. The maximum Gasteiger partial charge on any atom is 0.131 e. The van der Waals surface area contributed by atoms with Crippen LogP contribution in [0, 0.1) is 6.92 Å². The van der Waals surface area contributed by atoms with Gasteiger partial charge in [0.2, 0.25) is 0 Å². The van der Waals surface area contributed by atoms with Crippen LogP contribution in [0.25, 0.3) is 22.3 Å². The number of morpholine rings is 2. The zero-order valence-corrected chi connectivity index (χ0v) is 16.9. The van der Waals surface area contributed by atoms with Crippen LogP contribution < -0.4 is 9.80 Å². The van der Waals surface area contributed by atoms with E-state index in [0.29, 0.717) is 6.61 Å². The summed E-state index contributed by atoms with van der Waals surface area (Å²) in [6, 6.07) is 4.45. The summed E-state index contributed by atoms with van der Waals surface area (Å²) in [7, 11) is 0. The molecule has 0 spiro atoms. The maximum absolute atomic E-state index is 5.65. The van der Waals surface area contributed by atoms with Gasteiger partial charge in [-0.2, -0.15) is 5.10 Å². The number of aryl methyl sites for hydroxylation is 1. The molecule has 0 bridgehead atoms. The van der Waals surface area contributed by atoms with Crippen LogP contribution in [0.2, 0.25) is 0 Å². The molecule has 3 aromatic rings. The van der Waals surface area contributed by atoms with Crippen molar-refractivity contribution >= 4 is 22.4 Å². The van der Waals surface area contributed by atoms with Crippen LogP contribution in [0.5, 0.6) is 0 Å². The summed E-state index contributed by atoms with van der Waals surface area (Å²) in [6.07, 6.45) is 3.68. The Morgan fingerprint density at radius 2 is 1.97 bits per heavy atom. The molecule has 2 aliphatic heterocycles. The fraction of sp³-hybridized carbons (Fsp3) is 0.476. The smallest absolute Gasteiger partial charge is 0.131 e. The molecule has 0 saturated carbocycles. The molecule has 0 radical (unpaired) electrons. The summed E-state index contributed by atoms with van der Waals surface area (Å²) < 4.78 is 11.2. The van der Waals surface area contributed by atoms with Crippen molar-refractivity contribution in [2.75, 3.05) is 55.9 Å². The third-order valence-corrected chi connectivity index (χ3v) is 5.76. The molecule has 0 amide bonds. The number of aromatic nitrogens is 4. The standard InChI is InChI=1S/C21H26N6O2/c1-14-12-22-20(16-3-4-23-25-16)21-19(14)17(26-5-8-28-9-6-26)11-18(24-21)27-7-10-29-13-15(27)2/h3-4,11-12,15H,5-10,13H2,1-2H3,(H,23,25). The summed E-state index contributed by atoms with van der Waals surface area (Å²) in [5, 5.41) is 8.32. The van der Waals surface area contributed by atoms with Gasteiger partial charge in [0.1, 0.15) is 17.0 Å². The molecule has 152 valence electrons. The first kappa shape index (κ1) is 18.3. The molecule has 1 atom stereocenters. The number of fused-ring (bicyclic) bond motifs is 1. The van der Waals surface area contributed by atoms with Crippen LogP contribution in [-0.2, 0) is 9.47 Å². The molecule has 1 unspecified atom stereocenters. The normalized spacial score (nSPS) is 20.4. The molecular formula is C21H26N6O2. The minimum Gasteiger partial charge on any atom is -0.378 e. The van der Waals surface area contributed by atoms with E-state index in [2.05, 4.69) is 39.9 Å². The lowest BCUT2D eigenvalue weighted by Gasteiger charge is -2.36. The lowest BCUT2D eigenvalue weighted by Crippen LogP contribution is -2.44. The van der Waals surface area contributed by atoms with Gasteiger partial charge in [0, 0.05) is 43.5 Å². The van der Waals surface area contributed by atoms with Crippen molar-refractivity contribution in [3.8, 4) is 11.4 Å². The first-order chi connectivity index (χ1) is 14.2. The molecule has 1 N–H and O–H groups in total. The first-order valence-corrected chi connectivity index (χ1v) is 10.2. The molecule has 2 aliphatic rings. The Morgan fingerprint density at radius 3 is 2.72 bits per heavy atom. The van der Waals surface area contributed by atoms with E-state index >= 15 is 0 Å². The number of hydrogen-bond donors (Lipinski definition) is 1. The first-order valence-electron chi connectivity index (χ1n) is 10.2. The average Bonchev–Trinajstić information content (AvgIpc) is 3.29. The van der Waals surface area contributed by atoms with Crippen LogP contribution in [-0.4, -0.2) is 72.3 Å². The van der Waals surface area contributed by atoms with Crippen LogP contribution in [0.1, 0.15) is 12.5 Å². The molecule has 29 heavy (non-hydrogen) atoms. The van der Waals surface area contributed by atoms with Gasteiger partial charge in [0.05, 0.1) is 43.9 Å². The summed E-state index contributed by atoms with van der Waals surface area (Å²) in [5.74, 6) is 0.975. The lowest BCUT2D eigenvalue weighted by molar-refractivity contribution is 0.0985. The molecule has 0 aromatic carbocycles. The van der Waals surface area contributed by atoms with Gasteiger partial charge in [-0.1, -0.05) is 0 Å². The Balaban J connectivity index is 1.75. The van der Waals surface area contributed by atoms with E-state index in [4.69, 9.17) is 19.4 Å². The molecule has 2 saturated heterocycles. The zero-order valence-electron chi connectivity index (χ0n) is 16.9. The number of anilines is 2. The number of aromatic amines is 1. The van der Waals surface area contributed by atoms with Gasteiger partial charge in [-0.25, -0.2) is 4.98 Å². The Kier molecular flexibility index (Phi) is 4.81. The summed E-state index contributed by atoms with van der Waals surface area (Å²) in [4.78, 5) is 14.6. The minimum absolute atomic E-state index is 0.277. The Hall–Kier alpha value is -2.71. The predicted octanol–water partition coefficient (Wildman–Crippen LogP) is 2.39. The second-order valence-corrected chi connectivity index (χ2v) is 7.70. The predicted molar refractivity (Wildman–Crippen MR) is 113 cm³/mol. The molecule has 8 heteroatoms. The van der Waals surface area contributed by atoms with Crippen LogP contribution in [0.3, 0.4) is 0 Å². The summed E-state index contributed by atoms with van der Waals surface area (Å²) >= 11 is 0. The van der Waals surface area contributed by atoms with Gasteiger partial charge in [-0.3, -0.25) is 10.1 Å². The molecule has 8 nitrogen and oxygen atoms in total. The number of H-pyrrole nitrogens is 1. The van der Waals surface area contributed by atoms with Crippen LogP contribution in [0.15, 0.2) is 24.5 Å². The monoisotopic (exact) mass is 394 g/mol. The zero-order chi connectivity index (χ0) is 19.8. The van der Waals surface area contributed by atoms with Crippen LogP contribution in [0.4, 0.5) is 11.5 Å². The van der Waals surface area contributed by atoms with Gasteiger partial charge in [0.15, 0.2) is 0 Å². The number of nitrogens with one attached hydrogen (secondary N) is 1. The highest BCUT2D eigenvalue weighted by atomic mass is 16.5. The van der Waals surface area contributed by atoms with Crippen LogP contribution >= 0.6 is 0 Å². The van der Waals surface area contributed by atoms with Gasteiger partial charge in [-0.15, -0.1) is 0 Å². The summed E-state index contributed by atoms with van der Waals surface area (Å²) in [6.45, 7) is 9.79. The van der Waals surface area contributed by atoms with E-state index in [-0.39, 0.29) is 6.04 Å². The number of hydrogen-bond acceptors (Lipinski definition) is 7. The fourth-order valence-corrected chi connectivity index (χ4v) is 4.22. The van der Waals surface area contributed by atoms with E-state index in [1.165, 1.54) is 5.69 Å². The lowest BCUT2D eigenvalue weighted by atomic mass is 10.1. The Bertz CT molecular complexity index is 1000. The third kappa shape index (κ3) is 3.32. The van der Waals surface area contributed by atoms with Crippen molar-refractivity contribution < 1.29 is 9.47 Å². The second kappa shape index (κ2) is 7.61. The van der Waals surface area contributed by atoms with Gasteiger partial charge < -0.3 is 19.3 Å². The number of nitrogens with zero attached hydrogens (tertiary/aromatic N) is 5. The van der Waals surface area contributed by atoms with Crippen molar-refractivity contribution in [2.24, 2.45) is 0 Å². The molecule has 3 aromatic heterocycles. The highest BCUT2D eigenvalue weighted by molar-refractivity contribution is 6.02. The highest BCUT2D eigenvalue weighted by Crippen LogP contribution is 2.37. The van der Waals surface area contributed by atoms with Crippen molar-refractivity contribution in [1.82, 2.24) is 20.2 Å². The van der Waals surface area contributed by atoms with Crippen molar-refractivity contribution in [3.63, 3.8) is 0 Å². The topological polar surface area (TPSA) is 79.4 Å². The van der Waals surface area contributed by atoms with Gasteiger partial charge >= 0.3 is 0 Å². The Morgan fingerprint density at radius 1 is 1.14 bits per heavy atom. The SMILES string of the molecule is Cc1cnc(-c2ccn[nH]2)c2nc(N3CCOCC3C)cc(N3CCOCC3)c12. The largest absolute Gasteiger partial charge is 0.378 e. The van der Waals surface area contributed by atoms with Gasteiger partial charge in [0.25, 0.3) is 0 Å². The van der Waals surface area contributed by atoms with Crippen molar-refractivity contribution in [3.05, 3.63) is 30.1 Å². The van der Waals surface area contributed by atoms with Crippen molar-refractivity contribution in [2.45, 2.75) is 19.9 Å². The maximum atomic E-state index is 5.65. The average molecular weight is 394 g/mol. The van der Waals surface area contributed by atoms with Gasteiger partial charge in [-0.05, 0) is 25.5 Å². The van der Waals surface area contributed by atoms with Crippen molar-refractivity contribution in [1.29, 1.82) is 0 Å². The molecule has 0 aliphatic carbocycles. The van der Waals surface area contributed by atoms with E-state index in [9.17, 15) is 0 Å². The van der Waals surface area contributed by atoms with E-state index in [0.717, 1.165) is 73.1 Å².